The standard InChI is InChI=1S/C27H31N5O2S/c1-3-34-23-14-12-22(13-15-23)32-24(18-21-10-6-4-7-11-21)30-31-26(32)35-20(2)25(33)29-27(19-28)16-8-5-9-17-27/h4,6-7,10-15,20H,3,5,8-9,16-18H2,1-2H3,(H,29,33). The Morgan fingerprint density at radius 2 is 1.86 bits per heavy atom. The zero-order valence-electron chi connectivity index (χ0n) is 20.2. The number of carbonyl (C=O) groups is 1. The molecule has 1 N–H and O–H groups in total. The molecule has 7 nitrogen and oxygen atoms in total. The predicted octanol–water partition coefficient (Wildman–Crippen LogP) is 5.08. The van der Waals surface area contributed by atoms with Gasteiger partial charge in [-0.15, -0.1) is 10.2 Å². The molecule has 1 aromatic heterocycles. The summed E-state index contributed by atoms with van der Waals surface area (Å²) in [4.78, 5) is 13.1. The lowest BCUT2D eigenvalue weighted by Gasteiger charge is -2.32. The van der Waals surface area contributed by atoms with Crippen molar-refractivity contribution < 1.29 is 9.53 Å². The fraction of sp³-hybridized carbons (Fsp3) is 0.407. The van der Waals surface area contributed by atoms with Crippen molar-refractivity contribution in [3.63, 3.8) is 0 Å². The normalized spacial score (nSPS) is 15.7. The van der Waals surface area contributed by atoms with Crippen molar-refractivity contribution in [1.82, 2.24) is 20.1 Å². The molecular weight excluding hydrogens is 458 g/mol. The van der Waals surface area contributed by atoms with E-state index in [-0.39, 0.29) is 5.91 Å². The molecule has 2 aromatic carbocycles. The van der Waals surface area contributed by atoms with E-state index in [4.69, 9.17) is 4.74 Å². The first-order chi connectivity index (χ1) is 17.0. The minimum absolute atomic E-state index is 0.149. The lowest BCUT2D eigenvalue weighted by atomic mass is 9.83. The van der Waals surface area contributed by atoms with E-state index in [2.05, 4.69) is 33.7 Å². The maximum atomic E-state index is 13.1. The van der Waals surface area contributed by atoms with E-state index in [9.17, 15) is 10.1 Å². The van der Waals surface area contributed by atoms with Crippen LogP contribution in [0.4, 0.5) is 0 Å². The average molecular weight is 490 g/mol. The molecule has 35 heavy (non-hydrogen) atoms. The van der Waals surface area contributed by atoms with Crippen molar-refractivity contribution in [2.45, 2.75) is 68.3 Å². The molecule has 1 aliphatic rings. The molecule has 0 bridgehead atoms. The molecular formula is C27H31N5O2S. The fourth-order valence-electron chi connectivity index (χ4n) is 4.36. The summed E-state index contributed by atoms with van der Waals surface area (Å²) in [5.41, 5.74) is 1.27. The van der Waals surface area contributed by atoms with Gasteiger partial charge in [0, 0.05) is 12.1 Å². The van der Waals surface area contributed by atoms with Gasteiger partial charge in [-0.3, -0.25) is 9.36 Å². The summed E-state index contributed by atoms with van der Waals surface area (Å²) in [5.74, 6) is 1.44. The van der Waals surface area contributed by atoms with Crippen LogP contribution in [0.25, 0.3) is 5.69 Å². The number of amides is 1. The first kappa shape index (κ1) is 24.8. The Labute approximate surface area is 210 Å². The monoisotopic (exact) mass is 489 g/mol. The summed E-state index contributed by atoms with van der Waals surface area (Å²) in [6.45, 7) is 4.40. The van der Waals surface area contributed by atoms with Gasteiger partial charge < -0.3 is 10.1 Å². The summed E-state index contributed by atoms with van der Waals surface area (Å²) in [6.07, 6.45) is 5.06. The molecule has 1 aliphatic carbocycles. The molecule has 0 spiro atoms. The van der Waals surface area contributed by atoms with Crippen LogP contribution in [-0.4, -0.2) is 38.1 Å². The summed E-state index contributed by atoms with van der Waals surface area (Å²) in [5, 5.41) is 21.9. The van der Waals surface area contributed by atoms with Gasteiger partial charge in [0.2, 0.25) is 5.91 Å². The Hall–Kier alpha value is -3.31. The van der Waals surface area contributed by atoms with E-state index in [0.717, 1.165) is 42.1 Å². The molecule has 0 radical (unpaired) electrons. The Balaban J connectivity index is 1.58. The number of nitrogens with one attached hydrogen (secondary N) is 1. The third-order valence-corrected chi connectivity index (χ3v) is 7.29. The molecule has 3 aromatic rings. The number of nitriles is 1. The Morgan fingerprint density at radius 1 is 1.14 bits per heavy atom. The van der Waals surface area contributed by atoms with Crippen LogP contribution in [0.3, 0.4) is 0 Å². The molecule has 1 atom stereocenters. The second-order valence-corrected chi connectivity index (χ2v) is 10.1. The molecule has 0 saturated heterocycles. The Morgan fingerprint density at radius 3 is 2.51 bits per heavy atom. The van der Waals surface area contributed by atoms with Crippen LogP contribution in [0, 0.1) is 11.3 Å². The second-order valence-electron chi connectivity index (χ2n) is 8.83. The van der Waals surface area contributed by atoms with Crippen molar-refractivity contribution in [1.29, 1.82) is 5.26 Å². The van der Waals surface area contributed by atoms with Crippen molar-refractivity contribution in [3.8, 4) is 17.5 Å². The summed E-state index contributed by atoms with van der Waals surface area (Å²) < 4.78 is 7.60. The minimum Gasteiger partial charge on any atom is -0.494 e. The first-order valence-electron chi connectivity index (χ1n) is 12.1. The number of hydrogen-bond acceptors (Lipinski definition) is 6. The Kier molecular flexibility index (Phi) is 8.09. The lowest BCUT2D eigenvalue weighted by Crippen LogP contribution is -2.51. The number of benzene rings is 2. The molecule has 0 aliphatic heterocycles. The van der Waals surface area contributed by atoms with Crippen LogP contribution in [0.2, 0.25) is 0 Å². The van der Waals surface area contributed by atoms with Gasteiger partial charge in [0.25, 0.3) is 0 Å². The average Bonchev–Trinajstić information content (AvgIpc) is 3.27. The molecule has 182 valence electrons. The van der Waals surface area contributed by atoms with Crippen molar-refractivity contribution in [2.24, 2.45) is 0 Å². The number of ether oxygens (including phenoxy) is 1. The van der Waals surface area contributed by atoms with E-state index in [1.807, 2.05) is 60.9 Å². The van der Waals surface area contributed by atoms with Gasteiger partial charge in [0.15, 0.2) is 5.16 Å². The minimum atomic E-state index is -0.759. The molecule has 1 fully saturated rings. The number of aromatic nitrogens is 3. The number of rotatable bonds is 9. The largest absolute Gasteiger partial charge is 0.494 e. The maximum Gasteiger partial charge on any atom is 0.234 e. The van der Waals surface area contributed by atoms with Crippen molar-refractivity contribution >= 4 is 17.7 Å². The Bertz CT molecular complexity index is 1160. The van der Waals surface area contributed by atoms with Crippen LogP contribution in [-0.2, 0) is 11.2 Å². The highest BCUT2D eigenvalue weighted by atomic mass is 32.2. The number of thioether (sulfide) groups is 1. The fourth-order valence-corrected chi connectivity index (χ4v) is 5.24. The summed E-state index contributed by atoms with van der Waals surface area (Å²) in [6, 6.07) is 20.3. The van der Waals surface area contributed by atoms with Gasteiger partial charge in [-0.1, -0.05) is 61.4 Å². The first-order valence-corrected chi connectivity index (χ1v) is 13.0. The van der Waals surface area contributed by atoms with Crippen LogP contribution < -0.4 is 10.1 Å². The molecule has 1 unspecified atom stereocenters. The molecule has 8 heteroatoms. The van der Waals surface area contributed by atoms with Gasteiger partial charge in [0.1, 0.15) is 17.1 Å². The van der Waals surface area contributed by atoms with Gasteiger partial charge >= 0.3 is 0 Å². The van der Waals surface area contributed by atoms with Gasteiger partial charge in [-0.25, -0.2) is 0 Å². The van der Waals surface area contributed by atoms with Crippen molar-refractivity contribution in [2.75, 3.05) is 6.61 Å². The molecule has 4 rings (SSSR count). The van der Waals surface area contributed by atoms with Crippen LogP contribution in [0.15, 0.2) is 59.8 Å². The third kappa shape index (κ3) is 6.04. The van der Waals surface area contributed by atoms with Crippen molar-refractivity contribution in [3.05, 3.63) is 66.0 Å². The van der Waals surface area contributed by atoms with Gasteiger partial charge in [-0.2, -0.15) is 5.26 Å². The predicted molar refractivity (Wildman–Crippen MR) is 137 cm³/mol. The zero-order chi connectivity index (χ0) is 24.7. The van der Waals surface area contributed by atoms with E-state index in [1.54, 1.807) is 0 Å². The van der Waals surface area contributed by atoms with E-state index < -0.39 is 10.8 Å². The van der Waals surface area contributed by atoms with E-state index in [1.165, 1.54) is 11.8 Å². The number of hydrogen-bond donors (Lipinski definition) is 1. The summed E-state index contributed by atoms with van der Waals surface area (Å²) in [7, 11) is 0. The zero-order valence-corrected chi connectivity index (χ0v) is 21.1. The highest BCUT2D eigenvalue weighted by Gasteiger charge is 2.35. The van der Waals surface area contributed by atoms with Gasteiger partial charge in [0.05, 0.1) is 17.9 Å². The molecule has 1 heterocycles. The highest BCUT2D eigenvalue weighted by molar-refractivity contribution is 8.00. The topological polar surface area (TPSA) is 92.8 Å². The molecule has 1 amide bonds. The quantitative estimate of drug-likeness (QED) is 0.421. The van der Waals surface area contributed by atoms with Crippen LogP contribution in [0.5, 0.6) is 5.75 Å². The molecule has 1 saturated carbocycles. The summed E-state index contributed by atoms with van der Waals surface area (Å²) >= 11 is 1.35. The number of carbonyl (C=O) groups excluding carboxylic acids is 1. The SMILES string of the molecule is CCOc1ccc(-n2c(Cc3ccccc3)nnc2SC(C)C(=O)NC2(C#N)CCCCC2)cc1. The smallest absolute Gasteiger partial charge is 0.234 e. The van der Waals surface area contributed by atoms with Crippen LogP contribution in [0.1, 0.15) is 57.3 Å². The van der Waals surface area contributed by atoms with E-state index >= 15 is 0 Å². The second kappa shape index (κ2) is 11.4. The number of nitrogens with zero attached hydrogens (tertiary/aromatic N) is 4. The lowest BCUT2D eigenvalue weighted by molar-refractivity contribution is -0.121. The highest BCUT2D eigenvalue weighted by Crippen LogP contribution is 2.31. The third-order valence-electron chi connectivity index (χ3n) is 6.25. The van der Waals surface area contributed by atoms with E-state index in [0.29, 0.717) is 31.0 Å². The van der Waals surface area contributed by atoms with Gasteiger partial charge in [-0.05, 0) is 56.5 Å². The maximum absolute atomic E-state index is 13.1. The van der Waals surface area contributed by atoms with Crippen LogP contribution >= 0.6 is 11.8 Å².